The molecule has 1 N–H and O–H groups in total. The van der Waals surface area contributed by atoms with Crippen molar-refractivity contribution in [3.63, 3.8) is 0 Å². The van der Waals surface area contributed by atoms with Gasteiger partial charge in [-0.25, -0.2) is 0 Å². The molecule has 0 aromatic rings. The van der Waals surface area contributed by atoms with E-state index in [9.17, 15) is 8.42 Å². The van der Waals surface area contributed by atoms with E-state index < -0.39 is 10.2 Å². The number of halogens is 1. The maximum absolute atomic E-state index is 12.0. The van der Waals surface area contributed by atoms with Crippen molar-refractivity contribution in [2.75, 3.05) is 31.6 Å². The number of alkyl halides is 1. The van der Waals surface area contributed by atoms with Gasteiger partial charge in [0.25, 0.3) is 10.2 Å². The smallest absolute Gasteiger partial charge is 0.279 e. The maximum Gasteiger partial charge on any atom is 0.279 e. The molecule has 7 heteroatoms. The molecule has 0 bridgehead atoms. The Bertz CT molecular complexity index is 302. The van der Waals surface area contributed by atoms with Crippen LogP contribution in [0, 0.1) is 5.92 Å². The average molecular weight is 315 g/mol. The summed E-state index contributed by atoms with van der Waals surface area (Å²) in [4.78, 5) is 0. The van der Waals surface area contributed by atoms with Crippen LogP contribution in [0.3, 0.4) is 0 Å². The van der Waals surface area contributed by atoms with E-state index in [1.54, 1.807) is 0 Å². The van der Waals surface area contributed by atoms with Crippen molar-refractivity contribution in [1.82, 2.24) is 9.03 Å². The minimum Gasteiger partial charge on any atom is -0.379 e. The van der Waals surface area contributed by atoms with Crippen LogP contribution in [-0.2, 0) is 14.9 Å². The summed E-state index contributed by atoms with van der Waals surface area (Å²) in [5, 5.41) is 0.619. The highest BCUT2D eigenvalue weighted by Crippen LogP contribution is 2.09. The third kappa shape index (κ3) is 3.96. The lowest BCUT2D eigenvalue weighted by molar-refractivity contribution is 0.0722. The molecule has 1 fully saturated rings. The molecule has 0 aromatic carbocycles. The fraction of sp³-hybridized carbons (Fsp3) is 1.00. The molecule has 0 aliphatic carbocycles. The van der Waals surface area contributed by atoms with Crippen LogP contribution in [0.4, 0.5) is 0 Å². The standard InChI is InChI=1S/C9H19BrN2O3S/c1-8(2)9(7-10)11-16(13,14)12-3-5-15-6-4-12/h8-9,11H,3-7H2,1-2H3. The van der Waals surface area contributed by atoms with Gasteiger partial charge in [0.05, 0.1) is 13.2 Å². The minimum absolute atomic E-state index is 0.0761. The van der Waals surface area contributed by atoms with Crippen LogP contribution in [0.15, 0.2) is 0 Å². The zero-order chi connectivity index (χ0) is 12.2. The molecule has 1 aliphatic rings. The van der Waals surface area contributed by atoms with E-state index in [2.05, 4.69) is 20.7 Å². The zero-order valence-corrected chi connectivity index (χ0v) is 12.1. The highest BCUT2D eigenvalue weighted by molar-refractivity contribution is 9.09. The lowest BCUT2D eigenvalue weighted by Gasteiger charge is -2.29. The van der Waals surface area contributed by atoms with E-state index in [0.717, 1.165) is 0 Å². The van der Waals surface area contributed by atoms with Gasteiger partial charge < -0.3 is 4.74 Å². The summed E-state index contributed by atoms with van der Waals surface area (Å²) in [7, 11) is -3.37. The molecular formula is C9H19BrN2O3S. The summed E-state index contributed by atoms with van der Waals surface area (Å²) < 4.78 is 33.3. The Kier molecular flexibility index (Phi) is 5.66. The van der Waals surface area contributed by atoms with Crippen LogP contribution in [0.2, 0.25) is 0 Å². The molecule has 0 aromatic heterocycles. The molecule has 5 nitrogen and oxygen atoms in total. The summed E-state index contributed by atoms with van der Waals surface area (Å²) in [6.45, 7) is 5.80. The van der Waals surface area contributed by atoms with E-state index in [0.29, 0.717) is 31.6 Å². The van der Waals surface area contributed by atoms with E-state index >= 15 is 0 Å². The Labute approximate surface area is 106 Å². The molecule has 1 atom stereocenters. The number of nitrogens with zero attached hydrogens (tertiary/aromatic N) is 1. The van der Waals surface area contributed by atoms with Gasteiger partial charge in [0, 0.05) is 24.5 Å². The molecule has 1 aliphatic heterocycles. The Morgan fingerprint density at radius 2 is 1.94 bits per heavy atom. The molecule has 0 amide bonds. The van der Waals surface area contributed by atoms with Gasteiger partial charge in [0.15, 0.2) is 0 Å². The molecule has 1 heterocycles. The van der Waals surface area contributed by atoms with E-state index in [4.69, 9.17) is 4.74 Å². The largest absolute Gasteiger partial charge is 0.379 e. The zero-order valence-electron chi connectivity index (χ0n) is 9.65. The van der Waals surface area contributed by atoms with Gasteiger partial charge in [-0.2, -0.15) is 17.4 Å². The summed E-state index contributed by atoms with van der Waals surface area (Å²) in [5.74, 6) is 0.259. The minimum atomic E-state index is -3.37. The van der Waals surface area contributed by atoms with Crippen LogP contribution >= 0.6 is 15.9 Å². The number of ether oxygens (including phenoxy) is 1. The second-order valence-corrected chi connectivity index (χ2v) is 6.49. The SMILES string of the molecule is CC(C)C(CBr)NS(=O)(=O)N1CCOCC1. The van der Waals surface area contributed by atoms with Gasteiger partial charge in [0.1, 0.15) is 0 Å². The molecule has 16 heavy (non-hydrogen) atoms. The summed E-state index contributed by atoms with van der Waals surface area (Å²) in [5.41, 5.74) is 0. The second-order valence-electron chi connectivity index (χ2n) is 4.14. The number of hydrogen-bond donors (Lipinski definition) is 1. The Morgan fingerprint density at radius 1 is 1.38 bits per heavy atom. The third-order valence-electron chi connectivity index (χ3n) is 2.58. The van der Waals surface area contributed by atoms with Crippen molar-refractivity contribution in [1.29, 1.82) is 0 Å². The van der Waals surface area contributed by atoms with Crippen LogP contribution in [0.1, 0.15) is 13.8 Å². The Hall–Kier alpha value is 0.310. The van der Waals surface area contributed by atoms with Crippen LogP contribution in [0.25, 0.3) is 0 Å². The van der Waals surface area contributed by atoms with Crippen molar-refractivity contribution < 1.29 is 13.2 Å². The Balaban J connectivity index is 2.62. The van der Waals surface area contributed by atoms with Gasteiger partial charge >= 0.3 is 0 Å². The molecule has 0 radical (unpaired) electrons. The molecule has 1 saturated heterocycles. The van der Waals surface area contributed by atoms with Crippen molar-refractivity contribution in [3.05, 3.63) is 0 Å². The molecule has 1 unspecified atom stereocenters. The van der Waals surface area contributed by atoms with Gasteiger partial charge in [-0.15, -0.1) is 0 Å². The lowest BCUT2D eigenvalue weighted by Crippen LogP contribution is -2.51. The molecule has 0 spiro atoms. The monoisotopic (exact) mass is 314 g/mol. The summed E-state index contributed by atoms with van der Waals surface area (Å²) >= 11 is 3.32. The Morgan fingerprint density at radius 3 is 2.38 bits per heavy atom. The van der Waals surface area contributed by atoms with Crippen LogP contribution in [0.5, 0.6) is 0 Å². The molecule has 96 valence electrons. The quantitative estimate of drug-likeness (QED) is 0.755. The summed E-state index contributed by atoms with van der Waals surface area (Å²) in [6, 6.07) is -0.0761. The second kappa shape index (κ2) is 6.30. The normalized spacial score (nSPS) is 21.2. The van der Waals surface area contributed by atoms with Gasteiger partial charge in [0.2, 0.25) is 0 Å². The number of rotatable bonds is 5. The van der Waals surface area contributed by atoms with E-state index in [-0.39, 0.29) is 12.0 Å². The van der Waals surface area contributed by atoms with Crippen LogP contribution in [-0.4, -0.2) is 50.4 Å². The fourth-order valence-electron chi connectivity index (χ4n) is 1.40. The number of nitrogens with one attached hydrogen (secondary N) is 1. The first-order valence-electron chi connectivity index (χ1n) is 5.38. The lowest BCUT2D eigenvalue weighted by atomic mass is 10.1. The third-order valence-corrected chi connectivity index (χ3v) is 4.92. The topological polar surface area (TPSA) is 58.6 Å². The first kappa shape index (κ1) is 14.4. The van der Waals surface area contributed by atoms with Crippen molar-refractivity contribution >= 4 is 26.1 Å². The predicted octanol–water partition coefficient (Wildman–Crippen LogP) is 0.573. The first-order chi connectivity index (χ1) is 7.47. The van der Waals surface area contributed by atoms with Crippen molar-refractivity contribution in [2.45, 2.75) is 19.9 Å². The van der Waals surface area contributed by atoms with Gasteiger partial charge in [-0.05, 0) is 5.92 Å². The predicted molar refractivity (Wildman–Crippen MR) is 66.9 cm³/mol. The fourth-order valence-corrected chi connectivity index (χ4v) is 4.04. The highest BCUT2D eigenvalue weighted by Gasteiger charge is 2.27. The number of hydrogen-bond acceptors (Lipinski definition) is 3. The molecule has 0 saturated carbocycles. The first-order valence-corrected chi connectivity index (χ1v) is 7.94. The molecule has 1 rings (SSSR count). The van der Waals surface area contributed by atoms with Crippen molar-refractivity contribution in [3.8, 4) is 0 Å². The van der Waals surface area contributed by atoms with Gasteiger partial charge in [-0.1, -0.05) is 29.8 Å². The van der Waals surface area contributed by atoms with E-state index in [1.807, 2.05) is 13.8 Å². The maximum atomic E-state index is 12.0. The highest BCUT2D eigenvalue weighted by atomic mass is 79.9. The molecular weight excluding hydrogens is 296 g/mol. The van der Waals surface area contributed by atoms with E-state index in [1.165, 1.54) is 4.31 Å². The van der Waals surface area contributed by atoms with Gasteiger partial charge in [-0.3, -0.25) is 0 Å². The van der Waals surface area contributed by atoms with Crippen LogP contribution < -0.4 is 4.72 Å². The van der Waals surface area contributed by atoms with Crippen molar-refractivity contribution in [2.24, 2.45) is 5.92 Å². The average Bonchev–Trinajstić information content (AvgIpc) is 2.27. The summed E-state index contributed by atoms with van der Waals surface area (Å²) in [6.07, 6.45) is 0. The number of morpholine rings is 1.